The molecule has 1 atom stereocenters. The molecule has 1 heterocycles. The highest BCUT2D eigenvalue weighted by Crippen LogP contribution is 2.28. The zero-order valence-corrected chi connectivity index (χ0v) is 12.6. The van der Waals surface area contributed by atoms with E-state index in [1.54, 1.807) is 0 Å². The molecule has 0 aliphatic heterocycles. The van der Waals surface area contributed by atoms with Gasteiger partial charge in [0.25, 0.3) is 0 Å². The van der Waals surface area contributed by atoms with Gasteiger partial charge in [0, 0.05) is 25.6 Å². The van der Waals surface area contributed by atoms with Crippen LogP contribution in [0.4, 0.5) is 0 Å². The fourth-order valence-corrected chi connectivity index (χ4v) is 1.83. The molecule has 1 rings (SSSR count). The molecule has 0 amide bonds. The van der Waals surface area contributed by atoms with Gasteiger partial charge in [-0.3, -0.25) is 9.48 Å². The van der Waals surface area contributed by atoms with Crippen LogP contribution in [-0.4, -0.2) is 15.6 Å². The van der Waals surface area contributed by atoms with Gasteiger partial charge >= 0.3 is 0 Å². The lowest BCUT2D eigenvalue weighted by atomic mass is 9.79. The van der Waals surface area contributed by atoms with Crippen molar-refractivity contribution in [3.05, 3.63) is 17.5 Å². The highest BCUT2D eigenvalue weighted by molar-refractivity contribution is 5.80. The van der Waals surface area contributed by atoms with Gasteiger partial charge < -0.3 is 0 Å². The van der Waals surface area contributed by atoms with Gasteiger partial charge in [-0.15, -0.1) is 0 Å². The van der Waals surface area contributed by atoms with Crippen LogP contribution >= 0.6 is 0 Å². The number of carbonyl (C=O) groups excluding carboxylic acids is 1. The Morgan fingerprint density at radius 1 is 1.44 bits per heavy atom. The highest BCUT2D eigenvalue weighted by atomic mass is 16.1. The summed E-state index contributed by atoms with van der Waals surface area (Å²) < 4.78 is 1.83. The van der Waals surface area contributed by atoms with E-state index in [1.165, 1.54) is 0 Å². The number of rotatable bonds is 5. The minimum Gasteiger partial charge on any atom is -0.299 e. The van der Waals surface area contributed by atoms with Crippen LogP contribution in [0, 0.1) is 11.3 Å². The summed E-state index contributed by atoms with van der Waals surface area (Å²) in [6.07, 6.45) is 2.07. The van der Waals surface area contributed by atoms with E-state index < -0.39 is 0 Å². The molecule has 0 aromatic carbocycles. The fraction of sp³-hybridized carbons (Fsp3) is 0.733. The Kier molecular flexibility index (Phi) is 4.71. The summed E-state index contributed by atoms with van der Waals surface area (Å²) in [5.74, 6) is 0.715. The lowest BCUT2D eigenvalue weighted by Crippen LogP contribution is -2.21. The molecule has 0 spiro atoms. The number of hydrogen-bond acceptors (Lipinski definition) is 2. The van der Waals surface area contributed by atoms with E-state index in [0.717, 1.165) is 17.8 Å². The van der Waals surface area contributed by atoms with Gasteiger partial charge in [0.2, 0.25) is 0 Å². The van der Waals surface area contributed by atoms with Crippen molar-refractivity contribution in [2.24, 2.45) is 18.4 Å². The van der Waals surface area contributed by atoms with E-state index in [2.05, 4.69) is 39.7 Å². The summed E-state index contributed by atoms with van der Waals surface area (Å²) in [4.78, 5) is 12.1. The maximum Gasteiger partial charge on any atom is 0.139 e. The van der Waals surface area contributed by atoms with Crippen LogP contribution in [0.15, 0.2) is 6.07 Å². The number of aromatic nitrogens is 2. The molecule has 3 nitrogen and oxygen atoms in total. The molecule has 1 unspecified atom stereocenters. The van der Waals surface area contributed by atoms with E-state index in [0.29, 0.717) is 24.5 Å². The van der Waals surface area contributed by atoms with Crippen molar-refractivity contribution in [3.8, 4) is 0 Å². The Morgan fingerprint density at radius 2 is 2.06 bits per heavy atom. The first kappa shape index (κ1) is 14.9. The fourth-order valence-electron chi connectivity index (χ4n) is 1.83. The van der Waals surface area contributed by atoms with Crippen molar-refractivity contribution in [2.45, 2.75) is 53.9 Å². The van der Waals surface area contributed by atoms with Crippen molar-refractivity contribution in [3.63, 3.8) is 0 Å². The van der Waals surface area contributed by atoms with Crippen LogP contribution in [-0.2, 0) is 24.7 Å². The molecular weight excluding hydrogens is 224 g/mol. The highest BCUT2D eigenvalue weighted by Gasteiger charge is 2.23. The van der Waals surface area contributed by atoms with Crippen molar-refractivity contribution in [1.82, 2.24) is 9.78 Å². The third-order valence-electron chi connectivity index (χ3n) is 3.78. The molecule has 1 aromatic rings. The molecule has 0 aliphatic rings. The van der Waals surface area contributed by atoms with Gasteiger partial charge in [-0.2, -0.15) is 5.10 Å². The van der Waals surface area contributed by atoms with Crippen LogP contribution < -0.4 is 0 Å². The SMILES string of the molecule is CCc1cc(CC(=O)CC(C)C(C)(C)C)n(C)n1. The van der Waals surface area contributed by atoms with Crippen LogP contribution in [0.2, 0.25) is 0 Å². The Morgan fingerprint density at radius 3 is 2.50 bits per heavy atom. The minimum absolute atomic E-state index is 0.191. The number of hydrogen-bond donors (Lipinski definition) is 0. The Bertz CT molecular complexity index is 413. The quantitative estimate of drug-likeness (QED) is 0.804. The molecule has 0 saturated heterocycles. The largest absolute Gasteiger partial charge is 0.299 e. The first-order valence-electron chi connectivity index (χ1n) is 6.77. The summed E-state index contributed by atoms with van der Waals surface area (Å²) in [5.41, 5.74) is 2.28. The van der Waals surface area contributed by atoms with E-state index in [1.807, 2.05) is 17.8 Å². The first-order chi connectivity index (χ1) is 8.24. The van der Waals surface area contributed by atoms with Crippen molar-refractivity contribution in [1.29, 1.82) is 0 Å². The van der Waals surface area contributed by atoms with Gasteiger partial charge in [0.1, 0.15) is 5.78 Å². The molecule has 1 aromatic heterocycles. The molecular formula is C15H26N2O. The second kappa shape index (κ2) is 5.68. The molecule has 18 heavy (non-hydrogen) atoms. The first-order valence-corrected chi connectivity index (χ1v) is 6.77. The second-order valence-corrected chi connectivity index (χ2v) is 6.29. The number of carbonyl (C=O) groups is 1. The van der Waals surface area contributed by atoms with E-state index in [4.69, 9.17) is 0 Å². The van der Waals surface area contributed by atoms with Crippen LogP contribution in [0.3, 0.4) is 0 Å². The Balaban J connectivity index is 2.62. The Labute approximate surface area is 111 Å². The zero-order chi connectivity index (χ0) is 13.9. The van der Waals surface area contributed by atoms with E-state index in [9.17, 15) is 4.79 Å². The lowest BCUT2D eigenvalue weighted by molar-refractivity contribution is -0.120. The van der Waals surface area contributed by atoms with Crippen molar-refractivity contribution < 1.29 is 4.79 Å². The Hall–Kier alpha value is -1.12. The summed E-state index contributed by atoms with van der Waals surface area (Å²) in [6, 6.07) is 2.04. The lowest BCUT2D eigenvalue weighted by Gasteiger charge is -2.26. The third-order valence-corrected chi connectivity index (χ3v) is 3.78. The van der Waals surface area contributed by atoms with Crippen LogP contribution in [0.25, 0.3) is 0 Å². The third kappa shape index (κ3) is 3.97. The normalized spacial score (nSPS) is 13.7. The monoisotopic (exact) mass is 250 g/mol. The molecule has 0 N–H and O–H groups in total. The maximum atomic E-state index is 12.1. The topological polar surface area (TPSA) is 34.9 Å². The molecule has 0 radical (unpaired) electrons. The minimum atomic E-state index is 0.191. The summed E-state index contributed by atoms with van der Waals surface area (Å²) in [7, 11) is 1.91. The smallest absolute Gasteiger partial charge is 0.139 e. The number of nitrogens with zero attached hydrogens (tertiary/aromatic N) is 2. The average molecular weight is 250 g/mol. The molecule has 3 heteroatoms. The van der Waals surface area contributed by atoms with Gasteiger partial charge in [-0.1, -0.05) is 34.6 Å². The molecule has 0 fully saturated rings. The van der Waals surface area contributed by atoms with Gasteiger partial charge in [-0.05, 0) is 23.8 Å². The van der Waals surface area contributed by atoms with E-state index >= 15 is 0 Å². The summed E-state index contributed by atoms with van der Waals surface area (Å²) in [6.45, 7) is 10.8. The number of ketones is 1. The summed E-state index contributed by atoms with van der Waals surface area (Å²) in [5, 5.41) is 4.37. The van der Waals surface area contributed by atoms with Crippen LogP contribution in [0.1, 0.15) is 52.4 Å². The van der Waals surface area contributed by atoms with E-state index in [-0.39, 0.29) is 5.41 Å². The van der Waals surface area contributed by atoms with Gasteiger partial charge in [0.15, 0.2) is 0 Å². The molecule has 0 bridgehead atoms. The average Bonchev–Trinajstić information content (AvgIpc) is 2.58. The van der Waals surface area contributed by atoms with Crippen molar-refractivity contribution in [2.75, 3.05) is 0 Å². The summed E-state index contributed by atoms with van der Waals surface area (Å²) >= 11 is 0. The molecule has 0 aliphatic carbocycles. The zero-order valence-electron chi connectivity index (χ0n) is 12.6. The number of Topliss-reactive ketones (excluding diaryl/α,β-unsaturated/α-hetero) is 1. The maximum absolute atomic E-state index is 12.1. The van der Waals surface area contributed by atoms with Crippen LogP contribution in [0.5, 0.6) is 0 Å². The van der Waals surface area contributed by atoms with Crippen molar-refractivity contribution >= 4 is 5.78 Å². The standard InChI is InChI=1S/C15H26N2O/c1-7-12-9-13(17(6)16-12)10-14(18)8-11(2)15(3,4)5/h9,11H,7-8,10H2,1-6H3. The number of aryl methyl sites for hydroxylation is 2. The second-order valence-electron chi connectivity index (χ2n) is 6.29. The predicted molar refractivity (Wildman–Crippen MR) is 74.5 cm³/mol. The molecule has 0 saturated carbocycles. The predicted octanol–water partition coefficient (Wildman–Crippen LogP) is 3.17. The van der Waals surface area contributed by atoms with Gasteiger partial charge in [0.05, 0.1) is 5.69 Å². The molecule has 102 valence electrons. The van der Waals surface area contributed by atoms with Gasteiger partial charge in [-0.25, -0.2) is 0 Å².